The average molecular weight is 311 g/mol. The number of aromatic nitrogens is 1. The minimum Gasteiger partial charge on any atom is -0.377 e. The summed E-state index contributed by atoms with van der Waals surface area (Å²) in [4.78, 5) is 4.48. The molecule has 0 radical (unpaired) electrons. The molecule has 120 valence electrons. The van der Waals surface area contributed by atoms with Crippen molar-refractivity contribution in [3.63, 3.8) is 0 Å². The third-order valence-electron chi connectivity index (χ3n) is 4.99. The minimum atomic E-state index is -0.0314. The summed E-state index contributed by atoms with van der Waals surface area (Å²) < 4.78 is 6.09. The maximum atomic E-state index is 6.09. The van der Waals surface area contributed by atoms with Crippen LogP contribution in [0.2, 0.25) is 0 Å². The first kappa shape index (κ1) is 16.9. The predicted octanol–water partition coefficient (Wildman–Crippen LogP) is 4.04. The lowest BCUT2D eigenvalue weighted by atomic mass is 9.68. The molecule has 0 aromatic carbocycles. The number of rotatable bonds is 7. The Bertz CT molecular complexity index is 406. The van der Waals surface area contributed by atoms with E-state index in [-0.39, 0.29) is 5.60 Å². The average Bonchev–Trinajstić information content (AvgIpc) is 2.97. The van der Waals surface area contributed by atoms with E-state index >= 15 is 0 Å². The predicted molar refractivity (Wildman–Crippen MR) is 89.9 cm³/mol. The Labute approximate surface area is 133 Å². The highest BCUT2D eigenvalue weighted by atomic mass is 32.1. The first-order chi connectivity index (χ1) is 10.0. The van der Waals surface area contributed by atoms with Crippen molar-refractivity contribution in [2.24, 2.45) is 5.41 Å². The highest BCUT2D eigenvalue weighted by Crippen LogP contribution is 2.44. The van der Waals surface area contributed by atoms with Crippen LogP contribution in [0.4, 0.5) is 0 Å². The smallest absolute Gasteiger partial charge is 0.0941 e. The summed E-state index contributed by atoms with van der Waals surface area (Å²) in [6.07, 6.45) is 8.80. The summed E-state index contributed by atoms with van der Waals surface area (Å²) in [5.74, 6) is 0. The van der Waals surface area contributed by atoms with Crippen LogP contribution in [-0.2, 0) is 11.2 Å². The molecule has 1 unspecified atom stereocenters. The first-order valence-corrected chi connectivity index (χ1v) is 9.06. The molecule has 0 amide bonds. The van der Waals surface area contributed by atoms with Crippen LogP contribution in [0.25, 0.3) is 0 Å². The Hall–Kier alpha value is -0.450. The van der Waals surface area contributed by atoms with Gasteiger partial charge in [0.05, 0.1) is 10.6 Å². The molecular formula is C17H30N2OS. The summed E-state index contributed by atoms with van der Waals surface area (Å²) >= 11 is 1.75. The molecule has 0 bridgehead atoms. The fraction of sp³-hybridized carbons (Fsp3) is 0.824. The van der Waals surface area contributed by atoms with Crippen molar-refractivity contribution < 1.29 is 4.74 Å². The zero-order valence-electron chi connectivity index (χ0n) is 13.9. The Balaban J connectivity index is 2.12. The third kappa shape index (κ3) is 4.27. The molecule has 0 aliphatic heterocycles. The largest absolute Gasteiger partial charge is 0.377 e. The summed E-state index contributed by atoms with van der Waals surface area (Å²) in [7, 11) is 1.89. The van der Waals surface area contributed by atoms with Gasteiger partial charge in [0.25, 0.3) is 0 Å². The molecule has 1 aliphatic carbocycles. The van der Waals surface area contributed by atoms with Gasteiger partial charge in [0.15, 0.2) is 0 Å². The molecule has 1 aromatic rings. The van der Waals surface area contributed by atoms with Gasteiger partial charge in [-0.1, -0.05) is 20.8 Å². The van der Waals surface area contributed by atoms with Gasteiger partial charge in [-0.05, 0) is 44.1 Å². The SMILES string of the molecule is CCCNC(Cc1nccs1)C1(OC)CCC(C)(C)CC1. The Morgan fingerprint density at radius 3 is 2.57 bits per heavy atom. The van der Waals surface area contributed by atoms with E-state index in [1.807, 2.05) is 13.3 Å². The van der Waals surface area contributed by atoms with Gasteiger partial charge in [-0.25, -0.2) is 4.98 Å². The van der Waals surface area contributed by atoms with Gasteiger partial charge in [-0.15, -0.1) is 11.3 Å². The van der Waals surface area contributed by atoms with Crippen molar-refractivity contribution >= 4 is 11.3 Å². The second-order valence-electron chi connectivity index (χ2n) is 7.07. The van der Waals surface area contributed by atoms with E-state index in [0.29, 0.717) is 11.5 Å². The summed E-state index contributed by atoms with van der Waals surface area (Å²) in [6.45, 7) is 8.02. The maximum absolute atomic E-state index is 6.09. The number of methoxy groups -OCH3 is 1. The molecular weight excluding hydrogens is 280 g/mol. The number of nitrogens with zero attached hydrogens (tertiary/aromatic N) is 1. The number of ether oxygens (including phenoxy) is 1. The van der Waals surface area contributed by atoms with Gasteiger partial charge in [0.1, 0.15) is 0 Å². The van der Waals surface area contributed by atoms with Gasteiger partial charge >= 0.3 is 0 Å². The van der Waals surface area contributed by atoms with E-state index in [0.717, 1.165) is 32.2 Å². The minimum absolute atomic E-state index is 0.0314. The zero-order valence-corrected chi connectivity index (χ0v) is 14.8. The quantitative estimate of drug-likeness (QED) is 0.825. The summed E-state index contributed by atoms with van der Waals surface area (Å²) in [5.41, 5.74) is 0.425. The summed E-state index contributed by atoms with van der Waals surface area (Å²) in [5, 5.41) is 7.02. The highest BCUT2D eigenvalue weighted by molar-refractivity contribution is 7.09. The lowest BCUT2D eigenvalue weighted by Crippen LogP contribution is -2.56. The van der Waals surface area contributed by atoms with Crippen molar-refractivity contribution in [3.8, 4) is 0 Å². The van der Waals surface area contributed by atoms with Gasteiger partial charge < -0.3 is 10.1 Å². The van der Waals surface area contributed by atoms with E-state index in [1.54, 1.807) is 11.3 Å². The topological polar surface area (TPSA) is 34.2 Å². The highest BCUT2D eigenvalue weighted by Gasteiger charge is 2.44. The summed E-state index contributed by atoms with van der Waals surface area (Å²) in [6, 6.07) is 0.365. The van der Waals surface area contributed by atoms with Crippen LogP contribution in [-0.4, -0.2) is 30.3 Å². The van der Waals surface area contributed by atoms with E-state index in [1.165, 1.54) is 17.8 Å². The van der Waals surface area contributed by atoms with Crippen LogP contribution in [0.5, 0.6) is 0 Å². The van der Waals surface area contributed by atoms with Crippen LogP contribution in [0.15, 0.2) is 11.6 Å². The number of hydrogen-bond acceptors (Lipinski definition) is 4. The number of nitrogens with one attached hydrogen (secondary N) is 1. The Morgan fingerprint density at radius 2 is 2.05 bits per heavy atom. The molecule has 1 aromatic heterocycles. The third-order valence-corrected chi connectivity index (χ3v) is 5.80. The van der Waals surface area contributed by atoms with Crippen LogP contribution in [0.1, 0.15) is 57.9 Å². The lowest BCUT2D eigenvalue weighted by Gasteiger charge is -2.47. The Morgan fingerprint density at radius 1 is 1.33 bits per heavy atom. The van der Waals surface area contributed by atoms with E-state index < -0.39 is 0 Å². The van der Waals surface area contributed by atoms with Gasteiger partial charge in [-0.2, -0.15) is 0 Å². The van der Waals surface area contributed by atoms with E-state index in [4.69, 9.17) is 4.74 Å². The number of thiazole rings is 1. The van der Waals surface area contributed by atoms with Crippen molar-refractivity contribution in [2.45, 2.75) is 70.9 Å². The molecule has 0 spiro atoms. The Kier molecular flexibility index (Phi) is 5.81. The second-order valence-corrected chi connectivity index (χ2v) is 8.05. The van der Waals surface area contributed by atoms with Gasteiger partial charge in [0, 0.05) is 31.1 Å². The molecule has 1 fully saturated rings. The van der Waals surface area contributed by atoms with Crippen molar-refractivity contribution in [1.82, 2.24) is 10.3 Å². The lowest BCUT2D eigenvalue weighted by molar-refractivity contribution is -0.0860. The molecule has 21 heavy (non-hydrogen) atoms. The first-order valence-electron chi connectivity index (χ1n) is 8.18. The van der Waals surface area contributed by atoms with E-state index in [2.05, 4.69) is 36.5 Å². The standard InChI is InChI=1S/C17H30N2OS/c1-5-10-18-14(13-15-19-11-12-21-15)17(20-4)8-6-16(2,3)7-9-17/h11-12,14,18H,5-10,13H2,1-4H3. The molecule has 0 saturated heterocycles. The van der Waals surface area contributed by atoms with Crippen molar-refractivity contribution in [2.75, 3.05) is 13.7 Å². The molecule has 3 nitrogen and oxygen atoms in total. The van der Waals surface area contributed by atoms with Crippen LogP contribution >= 0.6 is 11.3 Å². The second kappa shape index (κ2) is 7.21. The normalized spacial score (nSPS) is 22.1. The van der Waals surface area contributed by atoms with Crippen molar-refractivity contribution in [3.05, 3.63) is 16.6 Å². The van der Waals surface area contributed by atoms with Crippen LogP contribution in [0, 0.1) is 5.41 Å². The monoisotopic (exact) mass is 310 g/mol. The van der Waals surface area contributed by atoms with Crippen molar-refractivity contribution in [1.29, 1.82) is 0 Å². The molecule has 1 atom stereocenters. The van der Waals surface area contributed by atoms with E-state index in [9.17, 15) is 0 Å². The molecule has 2 rings (SSSR count). The molecule has 4 heteroatoms. The van der Waals surface area contributed by atoms with Crippen LogP contribution in [0.3, 0.4) is 0 Å². The fourth-order valence-electron chi connectivity index (χ4n) is 3.34. The van der Waals surface area contributed by atoms with Gasteiger partial charge in [-0.3, -0.25) is 0 Å². The molecule has 1 aliphatic rings. The molecule has 1 saturated carbocycles. The maximum Gasteiger partial charge on any atom is 0.0941 e. The molecule has 1 heterocycles. The fourth-order valence-corrected chi connectivity index (χ4v) is 4.00. The van der Waals surface area contributed by atoms with Crippen LogP contribution < -0.4 is 5.32 Å². The zero-order chi connectivity index (χ0) is 15.3. The molecule has 1 N–H and O–H groups in total. The number of hydrogen-bond donors (Lipinski definition) is 1. The van der Waals surface area contributed by atoms with Gasteiger partial charge in [0.2, 0.25) is 0 Å².